The fourth-order valence-corrected chi connectivity index (χ4v) is 2.20. The molecule has 4 nitrogen and oxygen atoms in total. The first-order chi connectivity index (χ1) is 10.5. The van der Waals surface area contributed by atoms with E-state index in [1.54, 1.807) is 0 Å². The fourth-order valence-electron chi connectivity index (χ4n) is 2.20. The average Bonchev–Trinajstić information content (AvgIpc) is 2.45. The van der Waals surface area contributed by atoms with Gasteiger partial charge in [0.25, 0.3) is 0 Å². The van der Waals surface area contributed by atoms with E-state index in [4.69, 9.17) is 10.8 Å². The molecule has 0 bridgehead atoms. The first-order valence-electron chi connectivity index (χ1n) is 9.11. The van der Waals surface area contributed by atoms with E-state index in [0.717, 1.165) is 25.9 Å². The minimum atomic E-state index is -0.657. The summed E-state index contributed by atoms with van der Waals surface area (Å²) in [4.78, 5) is 12.3. The first kappa shape index (κ1) is 23.7. The van der Waals surface area contributed by atoms with Gasteiger partial charge in [-0.25, -0.2) is 0 Å². The van der Waals surface area contributed by atoms with Crippen molar-refractivity contribution in [3.63, 3.8) is 0 Å². The molecule has 0 aliphatic heterocycles. The second-order valence-electron chi connectivity index (χ2n) is 6.27. The SMILES string of the molecule is CCCCCCCCCCCCCC(=O)O.CN(C)CCN. The number of rotatable bonds is 14. The number of aliphatic carboxylic acids is 1. The second-order valence-corrected chi connectivity index (χ2v) is 6.27. The summed E-state index contributed by atoms with van der Waals surface area (Å²) in [6.07, 6.45) is 14.4. The predicted octanol–water partition coefficient (Wildman–Crippen LogP) is 4.28. The van der Waals surface area contributed by atoms with Gasteiger partial charge >= 0.3 is 5.97 Å². The lowest BCUT2D eigenvalue weighted by atomic mass is 10.1. The number of hydrogen-bond donors (Lipinski definition) is 2. The molecule has 0 aromatic heterocycles. The molecule has 0 radical (unpaired) electrons. The van der Waals surface area contributed by atoms with E-state index in [0.29, 0.717) is 6.42 Å². The van der Waals surface area contributed by atoms with Crippen molar-refractivity contribution in [1.82, 2.24) is 4.90 Å². The van der Waals surface area contributed by atoms with Crippen molar-refractivity contribution in [1.29, 1.82) is 0 Å². The molecule has 0 atom stereocenters. The van der Waals surface area contributed by atoms with Crippen molar-refractivity contribution in [2.45, 2.75) is 84.0 Å². The zero-order chi connectivity index (χ0) is 17.1. The van der Waals surface area contributed by atoms with Gasteiger partial charge in [0, 0.05) is 19.5 Å². The Hall–Kier alpha value is -0.610. The molecule has 0 saturated heterocycles. The Bertz CT molecular complexity index is 221. The summed E-state index contributed by atoms with van der Waals surface area (Å²) in [5.74, 6) is -0.657. The van der Waals surface area contributed by atoms with Crippen LogP contribution < -0.4 is 5.73 Å². The van der Waals surface area contributed by atoms with Gasteiger partial charge in [0.15, 0.2) is 0 Å². The van der Waals surface area contributed by atoms with Crippen LogP contribution in [0.1, 0.15) is 84.0 Å². The molecule has 4 heteroatoms. The molecule has 0 heterocycles. The van der Waals surface area contributed by atoms with Crippen LogP contribution in [0.5, 0.6) is 0 Å². The maximum Gasteiger partial charge on any atom is 0.303 e. The van der Waals surface area contributed by atoms with Crippen LogP contribution in [0.4, 0.5) is 0 Å². The Morgan fingerprint density at radius 3 is 1.55 bits per heavy atom. The predicted molar refractivity (Wildman–Crippen MR) is 96.3 cm³/mol. The van der Waals surface area contributed by atoms with Crippen molar-refractivity contribution < 1.29 is 9.90 Å². The molecule has 3 N–H and O–H groups in total. The molecule has 0 rings (SSSR count). The van der Waals surface area contributed by atoms with Crippen LogP contribution >= 0.6 is 0 Å². The zero-order valence-electron chi connectivity index (χ0n) is 15.3. The average molecular weight is 317 g/mol. The van der Waals surface area contributed by atoms with Crippen LogP contribution in [-0.2, 0) is 4.79 Å². The number of unbranched alkanes of at least 4 members (excludes halogenated alkanes) is 10. The minimum absolute atomic E-state index is 0.344. The number of carboxylic acid groups (broad SMARTS) is 1. The quantitative estimate of drug-likeness (QED) is 0.469. The third kappa shape index (κ3) is 27.7. The molecular formula is C18H40N2O2. The van der Waals surface area contributed by atoms with Crippen molar-refractivity contribution in [3.05, 3.63) is 0 Å². The largest absolute Gasteiger partial charge is 0.481 e. The lowest BCUT2D eigenvalue weighted by Crippen LogP contribution is -2.20. The van der Waals surface area contributed by atoms with Gasteiger partial charge in [-0.1, -0.05) is 71.1 Å². The van der Waals surface area contributed by atoms with Crippen LogP contribution in [-0.4, -0.2) is 43.2 Å². The Kier molecular flexibility index (Phi) is 21.9. The molecule has 0 aliphatic rings. The van der Waals surface area contributed by atoms with Gasteiger partial charge in [0.2, 0.25) is 0 Å². The molecule has 0 amide bonds. The van der Waals surface area contributed by atoms with Gasteiger partial charge in [0.05, 0.1) is 0 Å². The highest BCUT2D eigenvalue weighted by atomic mass is 16.4. The summed E-state index contributed by atoms with van der Waals surface area (Å²) < 4.78 is 0. The van der Waals surface area contributed by atoms with Crippen LogP contribution in [0, 0.1) is 0 Å². The lowest BCUT2D eigenvalue weighted by molar-refractivity contribution is -0.137. The normalized spacial score (nSPS) is 10.4. The first-order valence-corrected chi connectivity index (χ1v) is 9.11. The maximum atomic E-state index is 10.3. The van der Waals surface area contributed by atoms with E-state index in [-0.39, 0.29) is 0 Å². The Labute approximate surface area is 138 Å². The molecule has 0 spiro atoms. The second kappa shape index (κ2) is 20.4. The highest BCUT2D eigenvalue weighted by Gasteiger charge is 1.96. The minimum Gasteiger partial charge on any atom is -0.481 e. The summed E-state index contributed by atoms with van der Waals surface area (Å²) >= 11 is 0. The van der Waals surface area contributed by atoms with Gasteiger partial charge in [0.1, 0.15) is 0 Å². The molecular weight excluding hydrogens is 276 g/mol. The van der Waals surface area contributed by atoms with E-state index in [9.17, 15) is 4.79 Å². The standard InChI is InChI=1S/C14H28O2.C4H12N2/c1-2-3-4-5-6-7-8-9-10-11-12-13-14(15)16;1-6(2)4-3-5/h2-13H2,1H3,(H,15,16);3-5H2,1-2H3. The number of hydrogen-bond acceptors (Lipinski definition) is 3. The summed E-state index contributed by atoms with van der Waals surface area (Å²) in [6.45, 7) is 3.99. The van der Waals surface area contributed by atoms with Gasteiger partial charge in [-0.2, -0.15) is 0 Å². The van der Waals surface area contributed by atoms with Gasteiger partial charge in [-0.05, 0) is 20.5 Å². The Morgan fingerprint density at radius 2 is 1.27 bits per heavy atom. The Balaban J connectivity index is 0. The number of carboxylic acids is 1. The van der Waals surface area contributed by atoms with Crippen molar-refractivity contribution >= 4 is 5.97 Å². The van der Waals surface area contributed by atoms with E-state index < -0.39 is 5.97 Å². The third-order valence-corrected chi connectivity index (χ3v) is 3.57. The summed E-state index contributed by atoms with van der Waals surface area (Å²) in [5.41, 5.74) is 5.19. The van der Waals surface area contributed by atoms with Crippen LogP contribution in [0.2, 0.25) is 0 Å². The molecule has 0 unspecified atom stereocenters. The number of likely N-dealkylation sites (N-methyl/N-ethyl adjacent to an activating group) is 1. The summed E-state index contributed by atoms with van der Waals surface area (Å²) in [6, 6.07) is 0. The van der Waals surface area contributed by atoms with Gasteiger partial charge in [-0.15, -0.1) is 0 Å². The van der Waals surface area contributed by atoms with Crippen molar-refractivity contribution in [3.8, 4) is 0 Å². The monoisotopic (exact) mass is 316 g/mol. The molecule has 0 aliphatic carbocycles. The number of nitrogens with zero attached hydrogens (tertiary/aromatic N) is 1. The topological polar surface area (TPSA) is 66.6 Å². The molecule has 0 aromatic rings. The summed E-state index contributed by atoms with van der Waals surface area (Å²) in [5, 5.41) is 8.46. The molecule has 0 aromatic carbocycles. The van der Waals surface area contributed by atoms with Crippen LogP contribution in [0.15, 0.2) is 0 Å². The lowest BCUT2D eigenvalue weighted by Gasteiger charge is -2.03. The maximum absolute atomic E-state index is 10.3. The molecule has 22 heavy (non-hydrogen) atoms. The van der Waals surface area contributed by atoms with Crippen LogP contribution in [0.3, 0.4) is 0 Å². The van der Waals surface area contributed by atoms with E-state index in [2.05, 4.69) is 11.8 Å². The molecule has 0 saturated carbocycles. The van der Waals surface area contributed by atoms with Crippen LogP contribution in [0.25, 0.3) is 0 Å². The highest BCUT2D eigenvalue weighted by Crippen LogP contribution is 2.11. The van der Waals surface area contributed by atoms with E-state index in [1.807, 2.05) is 14.1 Å². The zero-order valence-corrected chi connectivity index (χ0v) is 15.3. The van der Waals surface area contributed by atoms with E-state index >= 15 is 0 Å². The van der Waals surface area contributed by atoms with Crippen molar-refractivity contribution in [2.75, 3.05) is 27.2 Å². The molecule has 134 valence electrons. The van der Waals surface area contributed by atoms with Gasteiger partial charge < -0.3 is 15.7 Å². The molecule has 0 fully saturated rings. The number of carbonyl (C=O) groups is 1. The van der Waals surface area contributed by atoms with E-state index in [1.165, 1.54) is 57.8 Å². The smallest absolute Gasteiger partial charge is 0.303 e. The highest BCUT2D eigenvalue weighted by molar-refractivity contribution is 5.66. The summed E-state index contributed by atoms with van der Waals surface area (Å²) in [7, 11) is 4.01. The number of nitrogens with two attached hydrogens (primary N) is 1. The fraction of sp³-hybridized carbons (Fsp3) is 0.944. The third-order valence-electron chi connectivity index (χ3n) is 3.57. The van der Waals surface area contributed by atoms with Crippen molar-refractivity contribution in [2.24, 2.45) is 5.73 Å². The van der Waals surface area contributed by atoms with Gasteiger partial charge in [-0.3, -0.25) is 4.79 Å². The Morgan fingerprint density at radius 1 is 0.864 bits per heavy atom.